The summed E-state index contributed by atoms with van der Waals surface area (Å²) in [5.74, 6) is 2.02. The molecule has 0 aromatic carbocycles. The van der Waals surface area contributed by atoms with Gasteiger partial charge in [0.15, 0.2) is 0 Å². The molecule has 0 aromatic heterocycles. The molecule has 0 radical (unpaired) electrons. The molecule has 0 saturated heterocycles. The van der Waals surface area contributed by atoms with Crippen molar-refractivity contribution < 1.29 is 9.59 Å². The Bertz CT molecular complexity index is 162. The molecule has 1 unspecified atom stereocenters. The molecule has 0 aliphatic rings. The van der Waals surface area contributed by atoms with Crippen LogP contribution in [0.1, 0.15) is 26.7 Å². The zero-order valence-electron chi connectivity index (χ0n) is 8.21. The maximum absolute atomic E-state index is 10.6. The Labute approximate surface area is 83.7 Å². The van der Waals surface area contributed by atoms with Crippen molar-refractivity contribution in [3.05, 3.63) is 0 Å². The first kappa shape index (κ1) is 12.5. The van der Waals surface area contributed by atoms with Crippen molar-refractivity contribution in [2.75, 3.05) is 11.5 Å². The monoisotopic (exact) mass is 203 g/mol. The van der Waals surface area contributed by atoms with Crippen LogP contribution in [-0.4, -0.2) is 29.7 Å². The number of thioether (sulfide) groups is 1. The van der Waals surface area contributed by atoms with Gasteiger partial charge in [-0.3, -0.25) is 4.79 Å². The lowest BCUT2D eigenvalue weighted by molar-refractivity contribution is -0.122. The molecular weight excluding hydrogens is 186 g/mol. The third-order valence-electron chi connectivity index (χ3n) is 1.56. The Morgan fingerprint density at radius 3 is 2.77 bits per heavy atom. The average Bonchev–Trinajstić information content (AvgIpc) is 2.09. The van der Waals surface area contributed by atoms with E-state index in [1.807, 2.05) is 11.8 Å². The summed E-state index contributed by atoms with van der Waals surface area (Å²) in [5, 5.41) is 2.59. The summed E-state index contributed by atoms with van der Waals surface area (Å²) >= 11 is 1.85. The molecule has 0 spiro atoms. The van der Waals surface area contributed by atoms with Gasteiger partial charge in [0.2, 0.25) is 5.91 Å². The number of carbonyl (C=O) groups is 2. The van der Waals surface area contributed by atoms with E-state index in [1.165, 1.54) is 6.92 Å². The van der Waals surface area contributed by atoms with Crippen LogP contribution < -0.4 is 5.32 Å². The highest BCUT2D eigenvalue weighted by Crippen LogP contribution is 2.04. The van der Waals surface area contributed by atoms with Crippen LogP contribution >= 0.6 is 11.8 Å². The molecule has 0 aromatic rings. The van der Waals surface area contributed by atoms with Gasteiger partial charge in [-0.2, -0.15) is 11.8 Å². The number of aldehydes is 1. The van der Waals surface area contributed by atoms with E-state index in [4.69, 9.17) is 0 Å². The molecule has 3 nitrogen and oxygen atoms in total. The minimum Gasteiger partial charge on any atom is -0.347 e. The van der Waals surface area contributed by atoms with Crippen molar-refractivity contribution in [1.29, 1.82) is 0 Å². The number of amides is 1. The summed E-state index contributed by atoms with van der Waals surface area (Å²) in [6.45, 7) is 3.53. The van der Waals surface area contributed by atoms with Crippen molar-refractivity contribution in [2.45, 2.75) is 32.7 Å². The van der Waals surface area contributed by atoms with Gasteiger partial charge >= 0.3 is 0 Å². The van der Waals surface area contributed by atoms with E-state index < -0.39 is 0 Å². The van der Waals surface area contributed by atoms with E-state index >= 15 is 0 Å². The number of nitrogens with one attached hydrogen (secondary N) is 1. The van der Waals surface area contributed by atoms with Gasteiger partial charge in [0.1, 0.15) is 6.29 Å². The van der Waals surface area contributed by atoms with Crippen LogP contribution in [0.2, 0.25) is 0 Å². The summed E-state index contributed by atoms with van der Waals surface area (Å²) in [5.41, 5.74) is 0. The van der Waals surface area contributed by atoms with Crippen LogP contribution in [0.4, 0.5) is 0 Å². The second kappa shape index (κ2) is 8.10. The molecule has 0 rings (SSSR count). The Balaban J connectivity index is 3.48. The second-order valence-electron chi connectivity index (χ2n) is 2.78. The summed E-state index contributed by atoms with van der Waals surface area (Å²) < 4.78 is 0. The summed E-state index contributed by atoms with van der Waals surface area (Å²) in [4.78, 5) is 21.1. The molecular formula is C9H17NO2S. The molecule has 13 heavy (non-hydrogen) atoms. The first-order valence-electron chi connectivity index (χ1n) is 4.50. The zero-order chi connectivity index (χ0) is 10.1. The summed E-state index contributed by atoms with van der Waals surface area (Å²) in [6.07, 6.45) is 2.52. The van der Waals surface area contributed by atoms with E-state index in [2.05, 4.69) is 12.2 Å². The van der Waals surface area contributed by atoms with Crippen LogP contribution in [0.3, 0.4) is 0 Å². The second-order valence-corrected chi connectivity index (χ2v) is 4.18. The van der Waals surface area contributed by atoms with Crippen LogP contribution in [0.25, 0.3) is 0 Å². The van der Waals surface area contributed by atoms with Crippen LogP contribution in [0.5, 0.6) is 0 Å². The van der Waals surface area contributed by atoms with Crippen LogP contribution in [0.15, 0.2) is 0 Å². The van der Waals surface area contributed by atoms with Crippen molar-refractivity contribution >= 4 is 24.0 Å². The van der Waals surface area contributed by atoms with Gasteiger partial charge in [-0.05, 0) is 24.3 Å². The lowest BCUT2D eigenvalue weighted by Gasteiger charge is -2.09. The standard InChI is InChI=1S/C9H17NO2S/c1-3-13-6-4-5-9(7-11)10-8(2)12/h7,9H,3-6H2,1-2H3,(H,10,12). The molecule has 1 N–H and O–H groups in total. The van der Waals surface area contributed by atoms with E-state index in [1.54, 1.807) is 0 Å². The number of carbonyl (C=O) groups excluding carboxylic acids is 2. The first-order valence-corrected chi connectivity index (χ1v) is 5.66. The maximum Gasteiger partial charge on any atom is 0.217 e. The molecule has 0 fully saturated rings. The Hall–Kier alpha value is -0.510. The van der Waals surface area contributed by atoms with Crippen LogP contribution in [-0.2, 0) is 9.59 Å². The molecule has 4 heteroatoms. The van der Waals surface area contributed by atoms with Gasteiger partial charge in [-0.25, -0.2) is 0 Å². The molecule has 0 saturated carbocycles. The normalized spacial score (nSPS) is 12.2. The fourth-order valence-corrected chi connectivity index (χ4v) is 1.64. The Morgan fingerprint density at radius 2 is 2.31 bits per heavy atom. The van der Waals surface area contributed by atoms with Gasteiger partial charge in [0.25, 0.3) is 0 Å². The van der Waals surface area contributed by atoms with Gasteiger partial charge in [0, 0.05) is 6.92 Å². The van der Waals surface area contributed by atoms with Gasteiger partial charge < -0.3 is 10.1 Å². The zero-order valence-corrected chi connectivity index (χ0v) is 9.02. The third kappa shape index (κ3) is 7.84. The highest BCUT2D eigenvalue weighted by molar-refractivity contribution is 7.99. The van der Waals surface area contributed by atoms with E-state index in [0.717, 1.165) is 30.6 Å². The van der Waals surface area contributed by atoms with E-state index in [0.29, 0.717) is 0 Å². The Morgan fingerprint density at radius 1 is 1.62 bits per heavy atom. The van der Waals surface area contributed by atoms with Crippen molar-refractivity contribution in [3.63, 3.8) is 0 Å². The largest absolute Gasteiger partial charge is 0.347 e. The number of hydrogen-bond acceptors (Lipinski definition) is 3. The molecule has 76 valence electrons. The minimum atomic E-state index is -0.296. The topological polar surface area (TPSA) is 46.2 Å². The smallest absolute Gasteiger partial charge is 0.217 e. The highest BCUT2D eigenvalue weighted by atomic mass is 32.2. The predicted octanol–water partition coefficient (Wildman–Crippen LogP) is 1.22. The van der Waals surface area contributed by atoms with Crippen molar-refractivity contribution in [1.82, 2.24) is 5.32 Å². The van der Waals surface area contributed by atoms with Gasteiger partial charge in [-0.1, -0.05) is 6.92 Å². The van der Waals surface area contributed by atoms with Crippen molar-refractivity contribution in [3.8, 4) is 0 Å². The molecule has 0 heterocycles. The SMILES string of the molecule is CCSCCCC(C=O)NC(C)=O. The minimum absolute atomic E-state index is 0.139. The summed E-state index contributed by atoms with van der Waals surface area (Å²) in [6, 6.07) is -0.296. The number of hydrogen-bond donors (Lipinski definition) is 1. The van der Waals surface area contributed by atoms with E-state index in [-0.39, 0.29) is 11.9 Å². The maximum atomic E-state index is 10.6. The quantitative estimate of drug-likeness (QED) is 0.500. The third-order valence-corrected chi connectivity index (χ3v) is 2.55. The fraction of sp³-hybridized carbons (Fsp3) is 0.778. The first-order chi connectivity index (χ1) is 6.20. The fourth-order valence-electron chi connectivity index (χ4n) is 0.985. The number of rotatable bonds is 7. The lowest BCUT2D eigenvalue weighted by Crippen LogP contribution is -2.34. The van der Waals surface area contributed by atoms with Crippen LogP contribution in [0, 0.1) is 0 Å². The predicted molar refractivity (Wildman–Crippen MR) is 55.9 cm³/mol. The molecule has 0 aliphatic carbocycles. The molecule has 1 atom stereocenters. The molecule has 1 amide bonds. The average molecular weight is 203 g/mol. The molecule has 0 bridgehead atoms. The lowest BCUT2D eigenvalue weighted by atomic mass is 10.2. The van der Waals surface area contributed by atoms with Gasteiger partial charge in [-0.15, -0.1) is 0 Å². The highest BCUT2D eigenvalue weighted by Gasteiger charge is 2.06. The summed E-state index contributed by atoms with van der Waals surface area (Å²) in [7, 11) is 0. The van der Waals surface area contributed by atoms with E-state index in [9.17, 15) is 9.59 Å². The Kier molecular flexibility index (Phi) is 7.79. The van der Waals surface area contributed by atoms with Gasteiger partial charge in [0.05, 0.1) is 6.04 Å². The van der Waals surface area contributed by atoms with Crippen molar-refractivity contribution in [2.24, 2.45) is 0 Å². The molecule has 0 aliphatic heterocycles.